The van der Waals surface area contributed by atoms with Crippen molar-refractivity contribution >= 4 is 17.6 Å². The third-order valence-electron chi connectivity index (χ3n) is 3.41. The van der Waals surface area contributed by atoms with Gasteiger partial charge in [0.05, 0.1) is 12.5 Å². The third kappa shape index (κ3) is 5.09. The molecule has 22 heavy (non-hydrogen) atoms. The Morgan fingerprint density at radius 2 is 2.27 bits per heavy atom. The monoisotopic (exact) mass is 310 g/mol. The van der Waals surface area contributed by atoms with Gasteiger partial charge in [0, 0.05) is 18.8 Å². The molecule has 0 radical (unpaired) electrons. The minimum atomic E-state index is -1.10. The van der Waals surface area contributed by atoms with Gasteiger partial charge in [0.2, 0.25) is 5.91 Å². The maximum absolute atomic E-state index is 13.0. The highest BCUT2D eigenvalue weighted by molar-refractivity contribution is 5.94. The van der Waals surface area contributed by atoms with Crippen molar-refractivity contribution in [1.82, 2.24) is 5.32 Å². The van der Waals surface area contributed by atoms with Crippen molar-refractivity contribution in [3.05, 3.63) is 30.1 Å². The Bertz CT molecular complexity index is 532. The van der Waals surface area contributed by atoms with Crippen LogP contribution in [0.5, 0.6) is 0 Å². The Morgan fingerprint density at radius 3 is 2.91 bits per heavy atom. The van der Waals surface area contributed by atoms with E-state index < -0.39 is 23.7 Å². The van der Waals surface area contributed by atoms with Crippen molar-refractivity contribution in [3.8, 4) is 0 Å². The number of carboxylic acid groups (broad SMARTS) is 1. The first kappa shape index (κ1) is 16.4. The van der Waals surface area contributed by atoms with Gasteiger partial charge >= 0.3 is 5.97 Å². The maximum atomic E-state index is 13.0. The minimum Gasteiger partial charge on any atom is -0.480 e. The van der Waals surface area contributed by atoms with E-state index in [-0.39, 0.29) is 12.5 Å². The predicted molar refractivity (Wildman–Crippen MR) is 78.0 cm³/mol. The van der Waals surface area contributed by atoms with E-state index in [9.17, 15) is 14.0 Å². The topological polar surface area (TPSA) is 87.7 Å². The van der Waals surface area contributed by atoms with Gasteiger partial charge in [0.25, 0.3) is 0 Å². The van der Waals surface area contributed by atoms with Crippen LogP contribution in [0.4, 0.5) is 10.1 Å². The summed E-state index contributed by atoms with van der Waals surface area (Å²) >= 11 is 0. The van der Waals surface area contributed by atoms with Gasteiger partial charge in [-0.25, -0.2) is 4.39 Å². The summed E-state index contributed by atoms with van der Waals surface area (Å²) in [6.45, 7) is 1.08. The summed E-state index contributed by atoms with van der Waals surface area (Å²) in [5.74, 6) is -2.06. The second-order valence-corrected chi connectivity index (χ2v) is 5.20. The van der Waals surface area contributed by atoms with Gasteiger partial charge in [-0.1, -0.05) is 6.07 Å². The molecule has 0 saturated carbocycles. The number of amides is 1. The van der Waals surface area contributed by atoms with Gasteiger partial charge in [0.1, 0.15) is 11.9 Å². The van der Waals surface area contributed by atoms with Gasteiger partial charge in [-0.2, -0.15) is 0 Å². The standard InChI is InChI=1S/C15H19FN2O4/c16-10-3-1-4-11(7-10)18-14(19)8-13(15(20)21)17-9-12-5-2-6-22-12/h1,3-4,7,12-13,17H,2,5-6,8-9H2,(H,18,19)(H,20,21). The molecule has 7 heteroatoms. The molecule has 1 aromatic rings. The van der Waals surface area contributed by atoms with E-state index in [1.807, 2.05) is 0 Å². The van der Waals surface area contributed by atoms with E-state index in [2.05, 4.69) is 10.6 Å². The predicted octanol–water partition coefficient (Wildman–Crippen LogP) is 1.38. The van der Waals surface area contributed by atoms with Crippen molar-refractivity contribution in [1.29, 1.82) is 0 Å². The van der Waals surface area contributed by atoms with E-state index in [1.54, 1.807) is 0 Å². The molecule has 0 aromatic heterocycles. The lowest BCUT2D eigenvalue weighted by molar-refractivity contribution is -0.141. The molecule has 3 N–H and O–H groups in total. The fourth-order valence-electron chi connectivity index (χ4n) is 2.29. The number of benzene rings is 1. The number of rotatable bonds is 7. The second-order valence-electron chi connectivity index (χ2n) is 5.20. The summed E-state index contributed by atoms with van der Waals surface area (Å²) in [4.78, 5) is 23.1. The number of hydrogen-bond acceptors (Lipinski definition) is 4. The van der Waals surface area contributed by atoms with Crippen LogP contribution < -0.4 is 10.6 Å². The Balaban J connectivity index is 1.84. The number of ether oxygens (including phenoxy) is 1. The zero-order valence-electron chi connectivity index (χ0n) is 12.0. The molecule has 1 aliphatic rings. The first-order valence-electron chi connectivity index (χ1n) is 7.18. The number of carboxylic acids is 1. The summed E-state index contributed by atoms with van der Waals surface area (Å²) in [6, 6.07) is 4.44. The lowest BCUT2D eigenvalue weighted by Crippen LogP contribution is -2.43. The van der Waals surface area contributed by atoms with Crippen LogP contribution in [0.25, 0.3) is 0 Å². The summed E-state index contributed by atoms with van der Waals surface area (Å²) in [6.07, 6.45) is 1.60. The molecule has 0 spiro atoms. The molecule has 2 atom stereocenters. The van der Waals surface area contributed by atoms with Crippen molar-refractivity contribution in [3.63, 3.8) is 0 Å². The van der Waals surface area contributed by atoms with Gasteiger partial charge in [0.15, 0.2) is 0 Å². The molecular formula is C15H19FN2O4. The quantitative estimate of drug-likeness (QED) is 0.708. The number of anilines is 1. The molecule has 2 unspecified atom stereocenters. The maximum Gasteiger partial charge on any atom is 0.321 e. The van der Waals surface area contributed by atoms with Crippen molar-refractivity contribution in [2.24, 2.45) is 0 Å². The highest BCUT2D eigenvalue weighted by atomic mass is 19.1. The molecule has 0 bridgehead atoms. The second kappa shape index (κ2) is 7.86. The van der Waals surface area contributed by atoms with Crippen LogP contribution in [0.2, 0.25) is 0 Å². The summed E-state index contributed by atoms with van der Waals surface area (Å²) in [7, 11) is 0. The lowest BCUT2D eigenvalue weighted by Gasteiger charge is -2.17. The molecule has 1 saturated heterocycles. The lowest BCUT2D eigenvalue weighted by atomic mass is 10.1. The third-order valence-corrected chi connectivity index (χ3v) is 3.41. The van der Waals surface area contributed by atoms with Crippen LogP contribution in [0.3, 0.4) is 0 Å². The first-order valence-corrected chi connectivity index (χ1v) is 7.18. The summed E-state index contributed by atoms with van der Waals surface area (Å²) in [5, 5.41) is 14.5. The van der Waals surface area contributed by atoms with E-state index in [4.69, 9.17) is 9.84 Å². The van der Waals surface area contributed by atoms with Gasteiger partial charge in [-0.3, -0.25) is 9.59 Å². The molecule has 1 amide bonds. The van der Waals surface area contributed by atoms with Crippen LogP contribution in [-0.4, -0.2) is 42.3 Å². The average molecular weight is 310 g/mol. The molecule has 120 valence electrons. The number of halogens is 1. The zero-order chi connectivity index (χ0) is 15.9. The largest absolute Gasteiger partial charge is 0.480 e. The summed E-state index contributed by atoms with van der Waals surface area (Å²) < 4.78 is 18.4. The fraction of sp³-hybridized carbons (Fsp3) is 0.467. The number of nitrogens with one attached hydrogen (secondary N) is 2. The Hall–Kier alpha value is -1.99. The molecule has 1 aromatic carbocycles. The van der Waals surface area contributed by atoms with Crippen molar-refractivity contribution in [2.45, 2.75) is 31.4 Å². The molecule has 2 rings (SSSR count). The van der Waals surface area contributed by atoms with Crippen molar-refractivity contribution < 1.29 is 23.8 Å². The molecule has 1 heterocycles. The highest BCUT2D eigenvalue weighted by Crippen LogP contribution is 2.12. The molecule has 6 nitrogen and oxygen atoms in total. The normalized spacial score (nSPS) is 18.9. The van der Waals surface area contributed by atoms with Crippen LogP contribution in [-0.2, 0) is 14.3 Å². The van der Waals surface area contributed by atoms with Gasteiger partial charge in [-0.05, 0) is 31.0 Å². The smallest absolute Gasteiger partial charge is 0.321 e. The zero-order valence-corrected chi connectivity index (χ0v) is 12.0. The number of aliphatic carboxylic acids is 1. The van der Waals surface area contributed by atoms with E-state index in [1.165, 1.54) is 24.3 Å². The number of carbonyl (C=O) groups is 2. The van der Waals surface area contributed by atoms with Crippen molar-refractivity contribution in [2.75, 3.05) is 18.5 Å². The van der Waals surface area contributed by atoms with E-state index >= 15 is 0 Å². The van der Waals surface area contributed by atoms with Gasteiger partial charge < -0.3 is 20.5 Å². The Morgan fingerprint density at radius 1 is 1.45 bits per heavy atom. The number of hydrogen-bond donors (Lipinski definition) is 3. The molecule has 0 aliphatic carbocycles. The van der Waals surface area contributed by atoms with Gasteiger partial charge in [-0.15, -0.1) is 0 Å². The Kier molecular flexibility index (Phi) is 5.85. The van der Waals surface area contributed by atoms with E-state index in [0.29, 0.717) is 18.8 Å². The molecular weight excluding hydrogens is 291 g/mol. The number of carbonyl (C=O) groups excluding carboxylic acids is 1. The van der Waals surface area contributed by atoms with Crippen LogP contribution in [0.1, 0.15) is 19.3 Å². The van der Waals surface area contributed by atoms with E-state index in [0.717, 1.165) is 12.8 Å². The molecule has 1 fully saturated rings. The Labute approximate surface area is 127 Å². The SMILES string of the molecule is O=C(CC(NCC1CCCO1)C(=O)O)Nc1cccc(F)c1. The summed E-state index contributed by atoms with van der Waals surface area (Å²) in [5.41, 5.74) is 0.299. The molecule has 1 aliphatic heterocycles. The first-order chi connectivity index (χ1) is 10.5. The van der Waals surface area contributed by atoms with Crippen LogP contribution in [0, 0.1) is 5.82 Å². The average Bonchev–Trinajstić information content (AvgIpc) is 2.96. The van der Waals surface area contributed by atoms with Crippen LogP contribution in [0.15, 0.2) is 24.3 Å². The fourth-order valence-corrected chi connectivity index (χ4v) is 2.29. The minimum absolute atomic E-state index is 0.00636. The van der Waals surface area contributed by atoms with Crippen LogP contribution >= 0.6 is 0 Å². The highest BCUT2D eigenvalue weighted by Gasteiger charge is 2.23.